The van der Waals surface area contributed by atoms with Crippen molar-refractivity contribution in [2.45, 2.75) is 5.60 Å². The van der Waals surface area contributed by atoms with Crippen LogP contribution in [-0.2, 0) is 10.3 Å². The number of hydrogen-bond acceptors (Lipinski definition) is 5. The Morgan fingerprint density at radius 1 is 0.667 bits per heavy atom. The average molecular weight is 963 g/mol. The zero-order valence-electron chi connectivity index (χ0n) is 15.3. The Kier molecular flexibility index (Phi) is 6.42. The van der Waals surface area contributed by atoms with E-state index >= 15 is 0 Å². The Bertz CT molecular complexity index is 1450. The molecule has 2 aliphatic heterocycles. The van der Waals surface area contributed by atoms with E-state index in [1.807, 2.05) is 0 Å². The minimum Gasteiger partial charge on any atom is -0.507 e. The molecule has 0 aromatic heterocycles. The minimum atomic E-state index is -1.51. The maximum Gasteiger partial charge on any atom is 0.341 e. The highest BCUT2D eigenvalue weighted by atomic mass is 79.9. The van der Waals surface area contributed by atoms with Crippen molar-refractivity contribution in [2.24, 2.45) is 0 Å². The lowest BCUT2D eigenvalue weighted by atomic mass is 9.77. The summed E-state index contributed by atoms with van der Waals surface area (Å²) in [6.07, 6.45) is 0. The number of rotatable bonds is 0. The molecule has 0 radical (unpaired) electrons. The van der Waals surface area contributed by atoms with Crippen LogP contribution in [0.25, 0.3) is 0 Å². The molecule has 0 saturated heterocycles. The summed E-state index contributed by atoms with van der Waals surface area (Å²) in [5.41, 5.74) is 0.236. The highest BCUT2D eigenvalue weighted by molar-refractivity contribution is 9.15. The molecular weight excluding hydrogens is 959 g/mol. The van der Waals surface area contributed by atoms with Crippen LogP contribution in [0.2, 0.25) is 0 Å². The van der Waals surface area contributed by atoms with Gasteiger partial charge in [-0.05, 0) is 140 Å². The van der Waals surface area contributed by atoms with Gasteiger partial charge in [0.1, 0.15) is 20.4 Å². The normalized spacial score (nSPS) is 18.0. The zero-order chi connectivity index (χ0) is 24.1. The maximum absolute atomic E-state index is 13.4. The fraction of sp³-hybridized carbons (Fsp3) is 0.0500. The molecule has 0 saturated carbocycles. The highest BCUT2D eigenvalue weighted by Gasteiger charge is 2.58. The lowest BCUT2D eigenvalue weighted by molar-refractivity contribution is 0.0218. The number of carbonyl (C=O) groups is 1. The Morgan fingerprint density at radius 2 is 1.27 bits per heavy atom. The van der Waals surface area contributed by atoms with Crippen LogP contribution >= 0.6 is 127 Å². The van der Waals surface area contributed by atoms with Gasteiger partial charge in [-0.25, -0.2) is 4.79 Å². The van der Waals surface area contributed by atoms with Crippen LogP contribution in [0.4, 0.5) is 0 Å². The number of esters is 1. The molecule has 3 aromatic carbocycles. The Hall–Kier alpha value is 0.370. The number of phenolic OH excluding ortho intramolecular Hbond substituents is 2. The minimum absolute atomic E-state index is 0.0642. The third kappa shape index (κ3) is 3.21. The molecule has 0 fully saturated rings. The second-order valence-electron chi connectivity index (χ2n) is 6.95. The Labute approximate surface area is 253 Å². The van der Waals surface area contributed by atoms with E-state index in [1.165, 1.54) is 6.07 Å². The number of hydrogen-bond donors (Lipinski definition) is 2. The smallest absolute Gasteiger partial charge is 0.341 e. The summed E-state index contributed by atoms with van der Waals surface area (Å²) >= 11 is 28.0. The van der Waals surface area contributed by atoms with E-state index < -0.39 is 11.6 Å². The van der Waals surface area contributed by atoms with Crippen molar-refractivity contribution in [3.8, 4) is 23.0 Å². The number of phenols is 2. The lowest BCUT2D eigenvalue weighted by Gasteiger charge is -2.39. The third-order valence-electron chi connectivity index (χ3n) is 5.34. The molecule has 2 aliphatic rings. The first-order valence-electron chi connectivity index (χ1n) is 8.64. The van der Waals surface area contributed by atoms with Crippen LogP contribution in [-0.4, -0.2) is 16.2 Å². The molecule has 0 bridgehead atoms. The number of benzene rings is 3. The van der Waals surface area contributed by atoms with Crippen molar-refractivity contribution in [3.63, 3.8) is 0 Å². The number of aromatic hydroxyl groups is 2. The van der Waals surface area contributed by atoms with Crippen molar-refractivity contribution >= 4 is 133 Å². The van der Waals surface area contributed by atoms with Crippen molar-refractivity contribution in [2.75, 3.05) is 0 Å². The van der Waals surface area contributed by atoms with E-state index in [-0.39, 0.29) is 31.9 Å². The standard InChI is InChI=1S/C20H4Br8O5/c21-8-4(29)2-1-3-17(8)32-18-7(11(24)14(27)16(30)15(18)28)20(3)6-5(19(31)33-20)9(22)12(25)13(26)10(6)23/h1-2,29-30H. The third-order valence-corrected chi connectivity index (χ3v) is 13.7. The van der Waals surface area contributed by atoms with Crippen LogP contribution in [0.15, 0.2) is 47.9 Å². The maximum atomic E-state index is 13.4. The van der Waals surface area contributed by atoms with Gasteiger partial charge in [0.2, 0.25) is 0 Å². The molecule has 33 heavy (non-hydrogen) atoms. The molecule has 170 valence electrons. The lowest BCUT2D eigenvalue weighted by Crippen LogP contribution is -2.34. The van der Waals surface area contributed by atoms with Gasteiger partial charge in [0.15, 0.2) is 17.1 Å². The molecule has 13 heteroatoms. The van der Waals surface area contributed by atoms with E-state index in [2.05, 4.69) is 127 Å². The average Bonchev–Trinajstić information content (AvgIpc) is 3.08. The molecule has 2 N–H and O–H groups in total. The van der Waals surface area contributed by atoms with Crippen molar-refractivity contribution in [3.05, 3.63) is 70.2 Å². The van der Waals surface area contributed by atoms with Gasteiger partial charge in [-0.3, -0.25) is 0 Å². The number of fused-ring (bicyclic) bond motifs is 6. The van der Waals surface area contributed by atoms with Crippen LogP contribution in [0.5, 0.6) is 23.0 Å². The second-order valence-corrected chi connectivity index (χ2v) is 13.3. The topological polar surface area (TPSA) is 76.0 Å². The number of carbonyl (C=O) groups excluding carboxylic acids is 1. The Morgan fingerprint density at radius 3 is 1.94 bits per heavy atom. The molecule has 5 nitrogen and oxygen atoms in total. The quantitative estimate of drug-likeness (QED) is 0.133. The molecule has 1 unspecified atom stereocenters. The SMILES string of the molecule is O=C1OC2(c3ccc(O)c(Br)c3Oc3c(Br)c(O)c(Br)c(Br)c32)c2c(Br)c(Br)c(Br)c(Br)c21. The van der Waals surface area contributed by atoms with Gasteiger partial charge in [-0.15, -0.1) is 0 Å². The molecule has 0 amide bonds. The number of halogens is 8. The first-order valence-corrected chi connectivity index (χ1v) is 15.0. The molecule has 3 aromatic rings. The summed E-state index contributed by atoms with van der Waals surface area (Å²) in [6, 6.07) is 3.12. The number of ether oxygens (including phenoxy) is 2. The van der Waals surface area contributed by atoms with Gasteiger partial charge in [0.05, 0.1) is 15.6 Å². The van der Waals surface area contributed by atoms with Crippen LogP contribution in [0, 0.1) is 0 Å². The van der Waals surface area contributed by atoms with Crippen LogP contribution < -0.4 is 4.74 Å². The highest BCUT2D eigenvalue weighted by Crippen LogP contribution is 2.66. The first-order chi connectivity index (χ1) is 15.4. The molecule has 0 aliphatic carbocycles. The predicted octanol–water partition coefficient (Wildman–Crippen LogP) is 9.77. The summed E-state index contributed by atoms with van der Waals surface area (Å²) < 4.78 is 16.1. The summed E-state index contributed by atoms with van der Waals surface area (Å²) in [4.78, 5) is 13.4. The van der Waals surface area contributed by atoms with Gasteiger partial charge in [-0.1, -0.05) is 0 Å². The summed E-state index contributed by atoms with van der Waals surface area (Å²) in [5.74, 6) is -0.299. The Balaban J connectivity index is 2.07. The van der Waals surface area contributed by atoms with E-state index in [0.717, 1.165) is 0 Å². The van der Waals surface area contributed by atoms with Crippen LogP contribution in [0.3, 0.4) is 0 Å². The second kappa shape index (κ2) is 8.46. The molecule has 5 rings (SSSR count). The molecular formula is C20H4Br8O5. The molecule has 2 heterocycles. The predicted molar refractivity (Wildman–Crippen MR) is 150 cm³/mol. The van der Waals surface area contributed by atoms with E-state index in [4.69, 9.17) is 9.47 Å². The summed E-state index contributed by atoms with van der Waals surface area (Å²) in [5, 5.41) is 21.0. The first kappa shape index (κ1) is 25.0. The molecule has 1 spiro atoms. The summed E-state index contributed by atoms with van der Waals surface area (Å²) in [7, 11) is 0. The van der Waals surface area contributed by atoms with Gasteiger partial charge >= 0.3 is 5.97 Å². The van der Waals surface area contributed by atoms with Gasteiger partial charge in [-0.2, -0.15) is 0 Å². The van der Waals surface area contributed by atoms with Gasteiger partial charge in [0.25, 0.3) is 0 Å². The van der Waals surface area contributed by atoms with Crippen molar-refractivity contribution < 1.29 is 24.5 Å². The fourth-order valence-electron chi connectivity index (χ4n) is 3.96. The van der Waals surface area contributed by atoms with Crippen molar-refractivity contribution in [1.82, 2.24) is 0 Å². The fourth-order valence-corrected chi connectivity index (χ4v) is 8.73. The van der Waals surface area contributed by atoms with Gasteiger partial charge in [0, 0.05) is 33.5 Å². The van der Waals surface area contributed by atoms with Crippen LogP contribution in [0.1, 0.15) is 27.0 Å². The van der Waals surface area contributed by atoms with E-state index in [1.54, 1.807) is 6.07 Å². The van der Waals surface area contributed by atoms with E-state index in [9.17, 15) is 15.0 Å². The van der Waals surface area contributed by atoms with Gasteiger partial charge < -0.3 is 19.7 Å². The largest absolute Gasteiger partial charge is 0.507 e. The monoisotopic (exact) mass is 955 g/mol. The van der Waals surface area contributed by atoms with Crippen molar-refractivity contribution in [1.29, 1.82) is 0 Å². The summed E-state index contributed by atoms with van der Waals surface area (Å²) in [6.45, 7) is 0. The zero-order valence-corrected chi connectivity index (χ0v) is 28.0. The van der Waals surface area contributed by atoms with E-state index in [0.29, 0.717) is 49.1 Å². The molecule has 1 atom stereocenters.